The zero-order chi connectivity index (χ0) is 22.0. The molecule has 1 aromatic carbocycles. The molecule has 2 saturated carbocycles. The SMILES string of the molecule is O=C(C1CCCC1)N1CCN(CC(=O)N(Cc2ccc(C(F)(F)F)cc2)C2CC2)CC1. The molecule has 170 valence electrons. The fourth-order valence-electron chi connectivity index (χ4n) is 4.64. The van der Waals surface area contributed by atoms with Gasteiger partial charge in [-0.25, -0.2) is 0 Å². The maximum atomic E-state index is 13.0. The summed E-state index contributed by atoms with van der Waals surface area (Å²) in [6.45, 7) is 3.31. The van der Waals surface area contributed by atoms with Gasteiger partial charge < -0.3 is 9.80 Å². The number of nitrogens with zero attached hydrogens (tertiary/aromatic N) is 3. The quantitative estimate of drug-likeness (QED) is 0.684. The molecule has 3 aliphatic rings. The lowest BCUT2D eigenvalue weighted by Gasteiger charge is -2.36. The molecule has 1 saturated heterocycles. The number of hydrogen-bond donors (Lipinski definition) is 0. The highest BCUT2D eigenvalue weighted by Crippen LogP contribution is 2.31. The van der Waals surface area contributed by atoms with Gasteiger partial charge in [-0.15, -0.1) is 0 Å². The molecule has 8 heteroatoms. The van der Waals surface area contributed by atoms with Gasteiger partial charge in [0.05, 0.1) is 12.1 Å². The van der Waals surface area contributed by atoms with Crippen LogP contribution in [0.15, 0.2) is 24.3 Å². The molecule has 1 heterocycles. The summed E-state index contributed by atoms with van der Waals surface area (Å²) in [5.74, 6) is 0.464. The molecule has 0 bridgehead atoms. The van der Waals surface area contributed by atoms with Crippen molar-refractivity contribution in [1.29, 1.82) is 0 Å². The van der Waals surface area contributed by atoms with Gasteiger partial charge in [0.2, 0.25) is 11.8 Å². The standard InChI is InChI=1S/C23H30F3N3O2/c24-23(25,26)19-7-5-17(6-8-19)15-29(20-9-10-20)21(30)16-27-11-13-28(14-12-27)22(31)18-3-1-2-4-18/h5-8,18,20H,1-4,9-16H2. The molecule has 31 heavy (non-hydrogen) atoms. The van der Waals surface area contributed by atoms with Crippen LogP contribution in [0.3, 0.4) is 0 Å². The number of benzene rings is 1. The summed E-state index contributed by atoms with van der Waals surface area (Å²) in [7, 11) is 0. The summed E-state index contributed by atoms with van der Waals surface area (Å²) < 4.78 is 38.3. The molecule has 0 radical (unpaired) electrons. The van der Waals surface area contributed by atoms with Crippen LogP contribution in [-0.4, -0.2) is 65.3 Å². The lowest BCUT2D eigenvalue weighted by molar-refractivity contribution is -0.139. The van der Waals surface area contributed by atoms with E-state index in [1.165, 1.54) is 12.1 Å². The van der Waals surface area contributed by atoms with Gasteiger partial charge in [0, 0.05) is 44.7 Å². The van der Waals surface area contributed by atoms with Gasteiger partial charge in [-0.2, -0.15) is 13.2 Å². The Morgan fingerprint density at radius 2 is 1.55 bits per heavy atom. The largest absolute Gasteiger partial charge is 0.416 e. The number of halogens is 3. The van der Waals surface area contributed by atoms with Gasteiger partial charge in [-0.05, 0) is 43.4 Å². The second kappa shape index (κ2) is 9.18. The van der Waals surface area contributed by atoms with Crippen LogP contribution in [-0.2, 0) is 22.3 Å². The second-order valence-electron chi connectivity index (χ2n) is 9.03. The van der Waals surface area contributed by atoms with Crippen LogP contribution in [0, 0.1) is 5.92 Å². The smallest absolute Gasteiger partial charge is 0.340 e. The highest BCUT2D eigenvalue weighted by Gasteiger charge is 2.35. The molecule has 0 aromatic heterocycles. The van der Waals surface area contributed by atoms with Crippen molar-refractivity contribution in [2.75, 3.05) is 32.7 Å². The Morgan fingerprint density at radius 1 is 0.935 bits per heavy atom. The molecule has 0 atom stereocenters. The number of carbonyl (C=O) groups excluding carboxylic acids is 2. The Balaban J connectivity index is 1.29. The summed E-state index contributed by atoms with van der Waals surface area (Å²) in [5.41, 5.74) is 0.0331. The third kappa shape index (κ3) is 5.59. The van der Waals surface area contributed by atoms with E-state index in [0.29, 0.717) is 44.8 Å². The average Bonchev–Trinajstić information content (AvgIpc) is 3.44. The van der Waals surface area contributed by atoms with Gasteiger partial charge >= 0.3 is 6.18 Å². The fourth-order valence-corrected chi connectivity index (χ4v) is 4.64. The zero-order valence-corrected chi connectivity index (χ0v) is 17.7. The van der Waals surface area contributed by atoms with Gasteiger partial charge in [0.25, 0.3) is 0 Å². The van der Waals surface area contributed by atoms with Crippen LogP contribution in [0.2, 0.25) is 0 Å². The van der Waals surface area contributed by atoms with E-state index < -0.39 is 11.7 Å². The first kappa shape index (κ1) is 22.1. The fraction of sp³-hybridized carbons (Fsp3) is 0.652. The van der Waals surface area contributed by atoms with E-state index in [0.717, 1.165) is 50.7 Å². The van der Waals surface area contributed by atoms with Crippen LogP contribution in [0.25, 0.3) is 0 Å². The number of piperazine rings is 1. The minimum absolute atomic E-state index is 0.0120. The molecule has 2 aliphatic carbocycles. The van der Waals surface area contributed by atoms with Crippen molar-refractivity contribution in [3.63, 3.8) is 0 Å². The van der Waals surface area contributed by atoms with Crippen molar-refractivity contribution in [1.82, 2.24) is 14.7 Å². The molecule has 3 fully saturated rings. The number of alkyl halides is 3. The monoisotopic (exact) mass is 437 g/mol. The first-order valence-corrected chi connectivity index (χ1v) is 11.3. The Hall–Kier alpha value is -2.09. The van der Waals surface area contributed by atoms with E-state index in [2.05, 4.69) is 4.90 Å². The molecule has 1 aliphatic heterocycles. The normalized spacial score (nSPS) is 20.8. The molecule has 0 spiro atoms. The average molecular weight is 438 g/mol. The van der Waals surface area contributed by atoms with Gasteiger partial charge in [0.1, 0.15) is 0 Å². The lowest BCUT2D eigenvalue weighted by Crippen LogP contribution is -2.52. The maximum Gasteiger partial charge on any atom is 0.416 e. The molecule has 5 nitrogen and oxygen atoms in total. The summed E-state index contributed by atoms with van der Waals surface area (Å²) in [6, 6.07) is 5.24. The van der Waals surface area contributed by atoms with Crippen molar-refractivity contribution in [2.24, 2.45) is 5.92 Å². The highest BCUT2D eigenvalue weighted by molar-refractivity contribution is 5.80. The highest BCUT2D eigenvalue weighted by atomic mass is 19.4. The van der Waals surface area contributed by atoms with Crippen molar-refractivity contribution < 1.29 is 22.8 Å². The van der Waals surface area contributed by atoms with E-state index in [4.69, 9.17) is 0 Å². The van der Waals surface area contributed by atoms with Crippen molar-refractivity contribution in [3.05, 3.63) is 35.4 Å². The van der Waals surface area contributed by atoms with E-state index in [9.17, 15) is 22.8 Å². The van der Waals surface area contributed by atoms with E-state index in [-0.39, 0.29) is 23.8 Å². The topological polar surface area (TPSA) is 43.9 Å². The molecule has 0 N–H and O–H groups in total. The van der Waals surface area contributed by atoms with Gasteiger partial charge in [-0.1, -0.05) is 25.0 Å². The van der Waals surface area contributed by atoms with Crippen LogP contribution in [0.1, 0.15) is 49.7 Å². The predicted octanol–water partition coefficient (Wildman–Crippen LogP) is 3.53. The van der Waals surface area contributed by atoms with Crippen molar-refractivity contribution >= 4 is 11.8 Å². The van der Waals surface area contributed by atoms with Crippen LogP contribution < -0.4 is 0 Å². The Bertz CT molecular complexity index is 778. The molecular weight excluding hydrogens is 407 g/mol. The second-order valence-corrected chi connectivity index (χ2v) is 9.03. The number of hydrogen-bond acceptors (Lipinski definition) is 3. The summed E-state index contributed by atoms with van der Waals surface area (Å²) in [5, 5.41) is 0. The maximum absolute atomic E-state index is 13.0. The zero-order valence-electron chi connectivity index (χ0n) is 17.7. The Kier molecular flexibility index (Phi) is 6.55. The van der Waals surface area contributed by atoms with E-state index >= 15 is 0 Å². The van der Waals surface area contributed by atoms with Crippen LogP contribution >= 0.6 is 0 Å². The summed E-state index contributed by atoms with van der Waals surface area (Å²) >= 11 is 0. The Labute approximate surface area is 181 Å². The first-order chi connectivity index (χ1) is 14.8. The number of carbonyl (C=O) groups is 2. The minimum atomic E-state index is -4.36. The molecule has 4 rings (SSSR count). The van der Waals surface area contributed by atoms with Gasteiger partial charge in [0.15, 0.2) is 0 Å². The van der Waals surface area contributed by atoms with Gasteiger partial charge in [-0.3, -0.25) is 14.5 Å². The number of amides is 2. The molecule has 0 unspecified atom stereocenters. The Morgan fingerprint density at radius 3 is 2.10 bits per heavy atom. The number of rotatable bonds is 6. The summed E-state index contributed by atoms with van der Waals surface area (Å²) in [4.78, 5) is 31.4. The first-order valence-electron chi connectivity index (χ1n) is 11.3. The molecule has 1 aromatic rings. The molecular formula is C23H30F3N3O2. The minimum Gasteiger partial charge on any atom is -0.340 e. The van der Waals surface area contributed by atoms with E-state index in [1.807, 2.05) is 4.90 Å². The van der Waals surface area contributed by atoms with E-state index in [1.54, 1.807) is 4.90 Å². The molecule has 2 amide bonds. The van der Waals surface area contributed by atoms with Crippen molar-refractivity contribution in [3.8, 4) is 0 Å². The lowest BCUT2D eigenvalue weighted by atomic mass is 10.1. The summed E-state index contributed by atoms with van der Waals surface area (Å²) in [6.07, 6.45) is 1.80. The predicted molar refractivity (Wildman–Crippen MR) is 110 cm³/mol. The van der Waals surface area contributed by atoms with Crippen LogP contribution in [0.5, 0.6) is 0 Å². The third-order valence-corrected chi connectivity index (χ3v) is 6.69. The van der Waals surface area contributed by atoms with Crippen LogP contribution in [0.4, 0.5) is 13.2 Å². The third-order valence-electron chi connectivity index (χ3n) is 6.69. The van der Waals surface area contributed by atoms with Crippen molar-refractivity contribution in [2.45, 2.75) is 57.3 Å².